The van der Waals surface area contributed by atoms with Crippen LogP contribution in [0.3, 0.4) is 0 Å². The lowest BCUT2D eigenvalue weighted by Gasteiger charge is -2.27. The fourth-order valence-electron chi connectivity index (χ4n) is 1.38. The number of phenols is 1. The van der Waals surface area contributed by atoms with Crippen molar-refractivity contribution in [3.63, 3.8) is 0 Å². The monoisotopic (exact) mass is 271 g/mol. The van der Waals surface area contributed by atoms with Crippen LogP contribution in [0.4, 0.5) is 0 Å². The van der Waals surface area contributed by atoms with Crippen LogP contribution in [0.2, 0.25) is 0 Å². The number of ether oxygens (including phenoxy) is 1. The van der Waals surface area contributed by atoms with Gasteiger partial charge in [0, 0.05) is 5.88 Å². The number of carbonyl (C=O) groups is 1. The summed E-state index contributed by atoms with van der Waals surface area (Å²) in [4.78, 5) is 12.1. The third-order valence-electron chi connectivity index (χ3n) is 2.94. The van der Waals surface area contributed by atoms with E-state index in [-0.39, 0.29) is 17.2 Å². The van der Waals surface area contributed by atoms with Gasteiger partial charge in [0.05, 0.1) is 18.2 Å². The number of benzene rings is 1. The largest absolute Gasteiger partial charge is 0.507 e. The van der Waals surface area contributed by atoms with E-state index in [1.165, 1.54) is 19.2 Å². The van der Waals surface area contributed by atoms with Crippen LogP contribution < -0.4 is 10.1 Å². The molecule has 1 unspecified atom stereocenters. The van der Waals surface area contributed by atoms with Gasteiger partial charge in [-0.15, -0.1) is 11.6 Å². The average Bonchev–Trinajstić information content (AvgIpc) is 2.39. The quantitative estimate of drug-likeness (QED) is 0.809. The van der Waals surface area contributed by atoms with Crippen LogP contribution in [0.25, 0.3) is 0 Å². The molecule has 1 atom stereocenters. The van der Waals surface area contributed by atoms with E-state index in [0.29, 0.717) is 18.1 Å². The lowest BCUT2D eigenvalue weighted by atomic mass is 10.0. The van der Waals surface area contributed by atoms with E-state index < -0.39 is 5.54 Å². The van der Waals surface area contributed by atoms with Gasteiger partial charge < -0.3 is 15.2 Å². The smallest absolute Gasteiger partial charge is 0.255 e. The van der Waals surface area contributed by atoms with Crippen molar-refractivity contribution in [3.05, 3.63) is 23.8 Å². The number of hydrogen-bond acceptors (Lipinski definition) is 3. The van der Waals surface area contributed by atoms with Crippen LogP contribution in [0.15, 0.2) is 18.2 Å². The first-order valence-corrected chi connectivity index (χ1v) is 6.24. The van der Waals surface area contributed by atoms with Gasteiger partial charge in [-0.25, -0.2) is 0 Å². The number of amides is 1. The number of hydrogen-bond donors (Lipinski definition) is 2. The van der Waals surface area contributed by atoms with Gasteiger partial charge in [-0.05, 0) is 31.5 Å². The minimum atomic E-state index is -0.492. The normalized spacial score (nSPS) is 13.8. The van der Waals surface area contributed by atoms with Crippen LogP contribution >= 0.6 is 11.6 Å². The van der Waals surface area contributed by atoms with Gasteiger partial charge in [-0.2, -0.15) is 0 Å². The molecule has 2 N–H and O–H groups in total. The van der Waals surface area contributed by atoms with E-state index in [1.54, 1.807) is 6.07 Å². The zero-order chi connectivity index (χ0) is 13.8. The highest BCUT2D eigenvalue weighted by Gasteiger charge is 2.25. The molecule has 0 aliphatic heterocycles. The Bertz CT molecular complexity index is 430. The molecule has 0 saturated carbocycles. The van der Waals surface area contributed by atoms with E-state index in [9.17, 15) is 9.90 Å². The Hall–Kier alpha value is -1.42. The van der Waals surface area contributed by atoms with Crippen molar-refractivity contribution >= 4 is 17.5 Å². The molecule has 0 fully saturated rings. The first-order valence-electron chi connectivity index (χ1n) is 5.71. The van der Waals surface area contributed by atoms with Gasteiger partial charge in [0.15, 0.2) is 0 Å². The molecule has 0 aliphatic rings. The Morgan fingerprint density at radius 2 is 2.22 bits per heavy atom. The number of alkyl halides is 1. The summed E-state index contributed by atoms with van der Waals surface area (Å²) in [5.74, 6) is 0.375. The van der Waals surface area contributed by atoms with E-state index in [0.717, 1.165) is 0 Å². The van der Waals surface area contributed by atoms with Gasteiger partial charge in [0.2, 0.25) is 0 Å². The van der Waals surface area contributed by atoms with E-state index in [1.807, 2.05) is 13.8 Å². The summed E-state index contributed by atoms with van der Waals surface area (Å²) >= 11 is 5.84. The molecule has 1 amide bonds. The Morgan fingerprint density at radius 1 is 1.56 bits per heavy atom. The molecule has 1 aromatic carbocycles. The minimum absolute atomic E-state index is 0.0821. The van der Waals surface area contributed by atoms with Crippen molar-refractivity contribution in [2.45, 2.75) is 25.8 Å². The number of phenolic OH excluding ortho intramolecular Hbond substituents is 1. The molecule has 4 nitrogen and oxygen atoms in total. The molecule has 0 bridgehead atoms. The molecule has 0 aromatic heterocycles. The Balaban J connectivity index is 2.97. The lowest BCUT2D eigenvalue weighted by Crippen LogP contribution is -2.47. The first kappa shape index (κ1) is 14.6. The third-order valence-corrected chi connectivity index (χ3v) is 3.53. The molecule has 1 rings (SSSR count). The molecule has 0 saturated heterocycles. The SMILES string of the molecule is CCC(C)(CCl)NC(=O)c1cc(OC)ccc1O. The molecule has 0 heterocycles. The summed E-state index contributed by atoms with van der Waals surface area (Å²) in [6, 6.07) is 4.51. The fraction of sp³-hybridized carbons (Fsp3) is 0.462. The summed E-state index contributed by atoms with van der Waals surface area (Å²) in [5, 5.41) is 12.5. The van der Waals surface area contributed by atoms with Crippen molar-refractivity contribution in [3.8, 4) is 11.5 Å². The van der Waals surface area contributed by atoms with Crippen molar-refractivity contribution in [2.75, 3.05) is 13.0 Å². The number of carbonyl (C=O) groups excluding carboxylic acids is 1. The van der Waals surface area contributed by atoms with Crippen molar-refractivity contribution in [1.29, 1.82) is 0 Å². The second-order valence-corrected chi connectivity index (χ2v) is 4.65. The fourth-order valence-corrected chi connectivity index (χ4v) is 1.64. The van der Waals surface area contributed by atoms with Crippen LogP contribution in [-0.4, -0.2) is 29.5 Å². The van der Waals surface area contributed by atoms with Gasteiger partial charge in [-0.1, -0.05) is 6.92 Å². The summed E-state index contributed by atoms with van der Waals surface area (Å²) in [5.41, 5.74) is -0.312. The number of halogens is 1. The topological polar surface area (TPSA) is 58.6 Å². The average molecular weight is 272 g/mol. The number of aromatic hydroxyl groups is 1. The van der Waals surface area contributed by atoms with Gasteiger partial charge in [0.25, 0.3) is 5.91 Å². The van der Waals surface area contributed by atoms with E-state index >= 15 is 0 Å². The first-order chi connectivity index (χ1) is 8.45. The third kappa shape index (κ3) is 3.29. The van der Waals surface area contributed by atoms with Gasteiger partial charge in [-0.3, -0.25) is 4.79 Å². The second kappa shape index (κ2) is 5.96. The molecule has 18 heavy (non-hydrogen) atoms. The Kier molecular flexibility index (Phi) is 4.84. The maximum absolute atomic E-state index is 12.1. The molecule has 0 spiro atoms. The summed E-state index contributed by atoms with van der Waals surface area (Å²) in [6.45, 7) is 3.79. The van der Waals surface area contributed by atoms with Crippen LogP contribution in [0.5, 0.6) is 11.5 Å². The molecule has 100 valence electrons. The van der Waals surface area contributed by atoms with Crippen molar-refractivity contribution in [2.24, 2.45) is 0 Å². The summed E-state index contributed by atoms with van der Waals surface area (Å²) in [6.07, 6.45) is 0.701. The highest BCUT2D eigenvalue weighted by Crippen LogP contribution is 2.24. The number of nitrogens with one attached hydrogen (secondary N) is 1. The number of methoxy groups -OCH3 is 1. The van der Waals surface area contributed by atoms with Crippen LogP contribution in [0, 0.1) is 0 Å². The lowest BCUT2D eigenvalue weighted by molar-refractivity contribution is 0.0909. The predicted octanol–water partition coefficient (Wildman–Crippen LogP) is 2.54. The molecular formula is C13H18ClNO3. The van der Waals surface area contributed by atoms with E-state index in [2.05, 4.69) is 5.32 Å². The Labute approximate surface area is 112 Å². The van der Waals surface area contributed by atoms with Crippen molar-refractivity contribution < 1.29 is 14.6 Å². The molecule has 0 aliphatic carbocycles. The zero-order valence-corrected chi connectivity index (χ0v) is 11.5. The molecule has 5 heteroatoms. The minimum Gasteiger partial charge on any atom is -0.507 e. The standard InChI is InChI=1S/C13H18ClNO3/c1-4-13(2,8-14)15-12(17)10-7-9(18-3)5-6-11(10)16/h5-7,16H,4,8H2,1-3H3,(H,15,17). The number of rotatable bonds is 5. The highest BCUT2D eigenvalue weighted by molar-refractivity contribution is 6.18. The molecule has 1 aromatic rings. The van der Waals surface area contributed by atoms with Gasteiger partial charge >= 0.3 is 0 Å². The maximum atomic E-state index is 12.1. The maximum Gasteiger partial charge on any atom is 0.255 e. The molecular weight excluding hydrogens is 254 g/mol. The van der Waals surface area contributed by atoms with E-state index in [4.69, 9.17) is 16.3 Å². The predicted molar refractivity (Wildman–Crippen MR) is 71.5 cm³/mol. The summed E-state index contributed by atoms with van der Waals surface area (Å²) < 4.78 is 5.03. The zero-order valence-electron chi connectivity index (χ0n) is 10.8. The summed E-state index contributed by atoms with van der Waals surface area (Å²) in [7, 11) is 1.50. The highest BCUT2D eigenvalue weighted by atomic mass is 35.5. The van der Waals surface area contributed by atoms with Gasteiger partial charge in [0.1, 0.15) is 11.5 Å². The Morgan fingerprint density at radius 3 is 2.72 bits per heavy atom. The molecule has 0 radical (unpaired) electrons. The van der Waals surface area contributed by atoms with Crippen molar-refractivity contribution in [1.82, 2.24) is 5.32 Å². The second-order valence-electron chi connectivity index (χ2n) is 4.39. The van der Waals surface area contributed by atoms with Crippen LogP contribution in [0.1, 0.15) is 30.6 Å². The van der Waals surface area contributed by atoms with Crippen LogP contribution in [-0.2, 0) is 0 Å².